The summed E-state index contributed by atoms with van der Waals surface area (Å²) in [4.78, 5) is 28.3. The third kappa shape index (κ3) is 3.70. The standard InChI is InChI=1S/C23H13ClN4O5/c24-15-5-8-20-13(9-15)11-21(33-20)22-26-18-4-2-1-3-17(18)23(30)27(22)25-12-14-10-16(28(31)32)6-7-19(14)29/h1-12,29H. The van der Waals surface area contributed by atoms with Crippen LogP contribution in [0, 0.1) is 10.1 Å². The fraction of sp³-hybridized carbons (Fsp3) is 0. The average Bonchev–Trinajstić information content (AvgIpc) is 3.22. The van der Waals surface area contributed by atoms with E-state index in [0.717, 1.165) is 17.0 Å². The number of phenols is 1. The van der Waals surface area contributed by atoms with E-state index >= 15 is 0 Å². The number of non-ortho nitro benzene ring substituents is 1. The Morgan fingerprint density at radius 3 is 2.76 bits per heavy atom. The van der Waals surface area contributed by atoms with E-state index in [0.29, 0.717) is 26.9 Å². The van der Waals surface area contributed by atoms with Gasteiger partial charge in [-0.3, -0.25) is 14.9 Å². The van der Waals surface area contributed by atoms with Gasteiger partial charge < -0.3 is 9.52 Å². The molecule has 5 rings (SSSR count). The second kappa shape index (κ2) is 7.88. The number of aromatic nitrogens is 2. The van der Waals surface area contributed by atoms with Crippen LogP contribution in [0.1, 0.15) is 5.56 Å². The fourth-order valence-electron chi connectivity index (χ4n) is 3.39. The highest BCUT2D eigenvalue weighted by Crippen LogP contribution is 2.29. The lowest BCUT2D eigenvalue weighted by atomic mass is 10.2. The van der Waals surface area contributed by atoms with E-state index in [1.54, 1.807) is 48.5 Å². The number of nitro benzene ring substituents is 1. The molecule has 162 valence electrons. The molecule has 0 saturated carbocycles. The Balaban J connectivity index is 1.73. The Bertz CT molecular complexity index is 1650. The lowest BCUT2D eigenvalue weighted by Gasteiger charge is -2.07. The minimum absolute atomic E-state index is 0.0617. The third-order valence-electron chi connectivity index (χ3n) is 4.99. The number of rotatable bonds is 4. The summed E-state index contributed by atoms with van der Waals surface area (Å²) in [5.74, 6) is 0.161. The van der Waals surface area contributed by atoms with E-state index in [4.69, 9.17) is 16.0 Å². The van der Waals surface area contributed by atoms with E-state index in [1.807, 2.05) is 0 Å². The molecule has 5 aromatic rings. The monoisotopic (exact) mass is 460 g/mol. The highest BCUT2D eigenvalue weighted by atomic mass is 35.5. The van der Waals surface area contributed by atoms with Crippen LogP contribution in [0.15, 0.2) is 81.0 Å². The zero-order valence-corrected chi connectivity index (χ0v) is 17.4. The number of nitro groups is 1. The number of aromatic hydroxyl groups is 1. The molecule has 0 radical (unpaired) electrons. The summed E-state index contributed by atoms with van der Waals surface area (Å²) in [6.07, 6.45) is 1.16. The number of furan rings is 1. The molecule has 1 N–H and O–H groups in total. The van der Waals surface area contributed by atoms with Crippen molar-refractivity contribution in [2.24, 2.45) is 5.10 Å². The molecule has 2 aromatic heterocycles. The topological polar surface area (TPSA) is 124 Å². The summed E-state index contributed by atoms with van der Waals surface area (Å²) in [6.45, 7) is 0. The molecule has 9 nitrogen and oxygen atoms in total. The first-order chi connectivity index (χ1) is 15.9. The normalized spacial score (nSPS) is 11.5. The van der Waals surface area contributed by atoms with Crippen molar-refractivity contribution in [1.29, 1.82) is 0 Å². The van der Waals surface area contributed by atoms with E-state index in [9.17, 15) is 20.0 Å². The Hall–Kier alpha value is -4.50. The average molecular weight is 461 g/mol. The maximum atomic E-state index is 13.2. The quantitative estimate of drug-likeness (QED) is 0.229. The van der Waals surface area contributed by atoms with Crippen molar-refractivity contribution in [3.8, 4) is 17.3 Å². The molecular formula is C23H13ClN4O5. The highest BCUT2D eigenvalue weighted by molar-refractivity contribution is 6.31. The van der Waals surface area contributed by atoms with Crippen LogP contribution in [0.5, 0.6) is 5.75 Å². The van der Waals surface area contributed by atoms with Crippen LogP contribution in [0.3, 0.4) is 0 Å². The number of phenolic OH excluding ortho intramolecular Hbond substituents is 1. The van der Waals surface area contributed by atoms with Crippen LogP contribution in [0.4, 0.5) is 5.69 Å². The van der Waals surface area contributed by atoms with Gasteiger partial charge in [0.25, 0.3) is 11.2 Å². The van der Waals surface area contributed by atoms with Crippen LogP contribution in [0.25, 0.3) is 33.5 Å². The number of halogens is 1. The number of fused-ring (bicyclic) bond motifs is 2. The largest absolute Gasteiger partial charge is 0.507 e. The van der Waals surface area contributed by atoms with Crippen LogP contribution < -0.4 is 5.56 Å². The summed E-state index contributed by atoms with van der Waals surface area (Å²) in [7, 11) is 0. The first kappa shape index (κ1) is 20.4. The van der Waals surface area contributed by atoms with Crippen LogP contribution in [0.2, 0.25) is 5.02 Å². The molecule has 0 aliphatic carbocycles. The summed E-state index contributed by atoms with van der Waals surface area (Å²) < 4.78 is 6.91. The van der Waals surface area contributed by atoms with Gasteiger partial charge in [-0.15, -0.1) is 0 Å². The SMILES string of the molecule is O=c1c2ccccc2nc(-c2cc3cc(Cl)ccc3o2)n1N=Cc1cc([N+](=O)[O-])ccc1O. The molecule has 0 unspecified atom stereocenters. The minimum atomic E-state index is -0.592. The van der Waals surface area contributed by atoms with Crippen molar-refractivity contribution in [2.45, 2.75) is 0 Å². The summed E-state index contributed by atoms with van der Waals surface area (Å²) in [5.41, 5.74) is 0.346. The van der Waals surface area contributed by atoms with Crippen molar-refractivity contribution in [3.05, 3.63) is 97.8 Å². The Morgan fingerprint density at radius 1 is 1.12 bits per heavy atom. The van der Waals surface area contributed by atoms with Crippen LogP contribution >= 0.6 is 11.6 Å². The molecule has 3 aromatic carbocycles. The summed E-state index contributed by atoms with van der Waals surface area (Å²) >= 11 is 6.07. The zero-order chi connectivity index (χ0) is 23.1. The molecule has 0 saturated heterocycles. The van der Waals surface area contributed by atoms with Gasteiger partial charge in [-0.2, -0.15) is 9.78 Å². The van der Waals surface area contributed by atoms with Gasteiger partial charge in [-0.05, 0) is 42.5 Å². The Kier molecular flexibility index (Phi) is 4.87. The number of hydrogen-bond acceptors (Lipinski definition) is 7. The highest BCUT2D eigenvalue weighted by Gasteiger charge is 2.17. The molecule has 0 spiro atoms. The molecular weight excluding hydrogens is 448 g/mol. The van der Waals surface area contributed by atoms with Crippen LogP contribution in [-0.2, 0) is 0 Å². The molecule has 10 heteroatoms. The minimum Gasteiger partial charge on any atom is -0.507 e. The summed E-state index contributed by atoms with van der Waals surface area (Å²) in [5, 5.41) is 26.9. The van der Waals surface area contributed by atoms with E-state index in [1.165, 1.54) is 12.1 Å². The lowest BCUT2D eigenvalue weighted by Crippen LogP contribution is -2.20. The fourth-order valence-corrected chi connectivity index (χ4v) is 3.57. The van der Waals surface area contributed by atoms with Gasteiger partial charge in [0.2, 0.25) is 5.82 Å². The van der Waals surface area contributed by atoms with Gasteiger partial charge in [0.05, 0.1) is 22.0 Å². The molecule has 0 atom stereocenters. The Labute approximate surface area is 189 Å². The van der Waals surface area contributed by atoms with Crippen molar-refractivity contribution in [2.75, 3.05) is 0 Å². The first-order valence-corrected chi connectivity index (χ1v) is 10.0. The van der Waals surface area contributed by atoms with Crippen molar-refractivity contribution >= 4 is 45.4 Å². The molecule has 0 fully saturated rings. The Morgan fingerprint density at radius 2 is 1.94 bits per heavy atom. The van der Waals surface area contributed by atoms with Gasteiger partial charge in [0.15, 0.2) is 5.76 Å². The number of para-hydroxylation sites is 1. The number of nitrogens with zero attached hydrogens (tertiary/aromatic N) is 4. The lowest BCUT2D eigenvalue weighted by molar-refractivity contribution is -0.384. The smallest absolute Gasteiger partial charge is 0.282 e. The van der Waals surface area contributed by atoms with E-state index in [2.05, 4.69) is 10.1 Å². The second-order valence-corrected chi connectivity index (χ2v) is 7.54. The van der Waals surface area contributed by atoms with Gasteiger partial charge in [-0.25, -0.2) is 4.98 Å². The number of benzene rings is 3. The van der Waals surface area contributed by atoms with Crippen molar-refractivity contribution in [1.82, 2.24) is 9.66 Å². The molecule has 33 heavy (non-hydrogen) atoms. The third-order valence-corrected chi connectivity index (χ3v) is 5.22. The van der Waals surface area contributed by atoms with Crippen molar-refractivity contribution in [3.63, 3.8) is 0 Å². The molecule has 0 aliphatic rings. The second-order valence-electron chi connectivity index (χ2n) is 7.11. The predicted octanol–water partition coefficient (Wildman–Crippen LogP) is 4.96. The van der Waals surface area contributed by atoms with Gasteiger partial charge in [0, 0.05) is 28.1 Å². The van der Waals surface area contributed by atoms with Crippen molar-refractivity contribution < 1.29 is 14.4 Å². The molecule has 0 aliphatic heterocycles. The summed E-state index contributed by atoms with van der Waals surface area (Å²) in [6, 6.07) is 17.1. The maximum absolute atomic E-state index is 13.2. The molecule has 2 heterocycles. The van der Waals surface area contributed by atoms with Gasteiger partial charge in [-0.1, -0.05) is 23.7 Å². The van der Waals surface area contributed by atoms with Gasteiger partial charge in [0.1, 0.15) is 11.3 Å². The van der Waals surface area contributed by atoms with Crippen LogP contribution in [-0.4, -0.2) is 25.9 Å². The van der Waals surface area contributed by atoms with Gasteiger partial charge >= 0.3 is 0 Å². The maximum Gasteiger partial charge on any atom is 0.282 e. The van der Waals surface area contributed by atoms with E-state index < -0.39 is 10.5 Å². The number of hydrogen-bond donors (Lipinski definition) is 1. The zero-order valence-electron chi connectivity index (χ0n) is 16.7. The predicted molar refractivity (Wildman–Crippen MR) is 124 cm³/mol. The molecule has 0 amide bonds. The molecule has 0 bridgehead atoms. The van der Waals surface area contributed by atoms with E-state index in [-0.39, 0.29) is 28.6 Å². The first-order valence-electron chi connectivity index (χ1n) is 9.64.